The predicted octanol–water partition coefficient (Wildman–Crippen LogP) is 3.87. The van der Waals surface area contributed by atoms with Crippen molar-refractivity contribution in [2.75, 3.05) is 21.3 Å². The minimum Gasteiger partial charge on any atom is -0.493 e. The number of furan rings is 1. The third-order valence-corrected chi connectivity index (χ3v) is 4.23. The maximum absolute atomic E-state index is 11.5. The van der Waals surface area contributed by atoms with E-state index in [0.717, 1.165) is 11.1 Å². The quantitative estimate of drug-likeness (QED) is 0.355. The average molecular weight is 394 g/mol. The van der Waals surface area contributed by atoms with Gasteiger partial charge in [-0.15, -0.1) is 0 Å². The zero-order valence-electron chi connectivity index (χ0n) is 16.5. The fraction of sp³-hybridized carbons (Fsp3) is 0.182. The Labute approximate surface area is 168 Å². The van der Waals surface area contributed by atoms with Crippen molar-refractivity contribution >= 4 is 12.2 Å². The van der Waals surface area contributed by atoms with E-state index in [9.17, 15) is 4.79 Å². The molecule has 150 valence electrons. The van der Waals surface area contributed by atoms with Crippen LogP contribution < -0.4 is 14.9 Å². The summed E-state index contributed by atoms with van der Waals surface area (Å²) in [6.07, 6.45) is 1.60. The Morgan fingerprint density at radius 3 is 2.45 bits per heavy atom. The first-order valence-electron chi connectivity index (χ1n) is 8.90. The van der Waals surface area contributed by atoms with E-state index < -0.39 is 0 Å². The van der Waals surface area contributed by atoms with Gasteiger partial charge in [0.05, 0.1) is 39.7 Å². The molecule has 0 spiro atoms. The predicted molar refractivity (Wildman–Crippen MR) is 109 cm³/mol. The maximum atomic E-state index is 11.5. The van der Waals surface area contributed by atoms with Crippen molar-refractivity contribution < 1.29 is 23.4 Å². The number of methoxy groups -OCH3 is 3. The number of rotatable bonds is 8. The maximum Gasteiger partial charge on any atom is 0.337 e. The molecule has 0 bridgehead atoms. The molecule has 3 aromatic rings. The van der Waals surface area contributed by atoms with Gasteiger partial charge in [0, 0.05) is 5.56 Å². The lowest BCUT2D eigenvalue weighted by atomic mass is 10.1. The van der Waals surface area contributed by atoms with E-state index in [2.05, 4.69) is 10.5 Å². The minimum atomic E-state index is -0.371. The van der Waals surface area contributed by atoms with Gasteiger partial charge in [-0.1, -0.05) is 18.2 Å². The highest BCUT2D eigenvalue weighted by Gasteiger charge is 2.08. The molecule has 0 fully saturated rings. The summed E-state index contributed by atoms with van der Waals surface area (Å²) in [6.45, 7) is 0.527. The molecule has 29 heavy (non-hydrogen) atoms. The van der Waals surface area contributed by atoms with Crippen LogP contribution in [-0.4, -0.2) is 33.5 Å². The zero-order valence-corrected chi connectivity index (χ0v) is 16.5. The molecule has 0 saturated heterocycles. The van der Waals surface area contributed by atoms with E-state index in [1.165, 1.54) is 7.11 Å². The Bertz CT molecular complexity index is 993. The molecule has 2 aromatic carbocycles. The number of hydrazone groups is 1. The molecule has 1 aromatic heterocycles. The van der Waals surface area contributed by atoms with Gasteiger partial charge >= 0.3 is 5.97 Å². The van der Waals surface area contributed by atoms with Crippen molar-refractivity contribution in [2.45, 2.75) is 6.54 Å². The number of esters is 1. The molecule has 0 saturated carbocycles. The number of nitrogens with zero attached hydrogens (tertiary/aromatic N) is 1. The SMILES string of the molecule is COC(=O)c1ccc(-c2ccc(/C=N/NCc3ccc(OC)c(OC)c3)o2)cc1. The lowest BCUT2D eigenvalue weighted by molar-refractivity contribution is 0.0600. The van der Waals surface area contributed by atoms with Crippen LogP contribution in [0.15, 0.2) is 64.1 Å². The molecule has 0 aliphatic carbocycles. The number of nitrogens with one attached hydrogen (secondary N) is 1. The second-order valence-corrected chi connectivity index (χ2v) is 6.05. The highest BCUT2D eigenvalue weighted by atomic mass is 16.5. The minimum absolute atomic E-state index is 0.371. The van der Waals surface area contributed by atoms with Gasteiger partial charge in [-0.05, 0) is 42.0 Å². The highest BCUT2D eigenvalue weighted by Crippen LogP contribution is 2.27. The van der Waals surface area contributed by atoms with Crippen molar-refractivity contribution in [1.82, 2.24) is 5.43 Å². The van der Waals surface area contributed by atoms with E-state index in [-0.39, 0.29) is 5.97 Å². The van der Waals surface area contributed by atoms with Crippen molar-refractivity contribution in [1.29, 1.82) is 0 Å². The van der Waals surface area contributed by atoms with Gasteiger partial charge in [0.1, 0.15) is 11.5 Å². The molecule has 1 heterocycles. The van der Waals surface area contributed by atoms with Crippen LogP contribution in [0.3, 0.4) is 0 Å². The number of ether oxygens (including phenoxy) is 3. The Morgan fingerprint density at radius 2 is 1.76 bits per heavy atom. The molecule has 0 unspecified atom stereocenters. The molecule has 0 radical (unpaired) electrons. The fourth-order valence-electron chi connectivity index (χ4n) is 2.70. The topological polar surface area (TPSA) is 82.3 Å². The van der Waals surface area contributed by atoms with E-state index >= 15 is 0 Å². The summed E-state index contributed by atoms with van der Waals surface area (Å²) in [7, 11) is 4.56. The average Bonchev–Trinajstić information content (AvgIpc) is 3.25. The van der Waals surface area contributed by atoms with Gasteiger partial charge in [-0.2, -0.15) is 5.10 Å². The van der Waals surface area contributed by atoms with Crippen LogP contribution in [0.4, 0.5) is 0 Å². The molecule has 0 aliphatic rings. The van der Waals surface area contributed by atoms with E-state index in [4.69, 9.17) is 18.6 Å². The van der Waals surface area contributed by atoms with Crippen molar-refractivity contribution in [3.8, 4) is 22.8 Å². The van der Waals surface area contributed by atoms with Crippen molar-refractivity contribution in [2.24, 2.45) is 5.10 Å². The number of carbonyl (C=O) groups excluding carboxylic acids is 1. The molecule has 0 atom stereocenters. The number of hydrogen-bond acceptors (Lipinski definition) is 7. The summed E-state index contributed by atoms with van der Waals surface area (Å²) < 4.78 is 21.0. The van der Waals surface area contributed by atoms with Gasteiger partial charge in [0.25, 0.3) is 0 Å². The summed E-state index contributed by atoms with van der Waals surface area (Å²) in [6, 6.07) is 16.4. The van der Waals surface area contributed by atoms with Crippen LogP contribution in [0.5, 0.6) is 11.5 Å². The van der Waals surface area contributed by atoms with Gasteiger partial charge < -0.3 is 24.1 Å². The first-order chi connectivity index (χ1) is 14.1. The Kier molecular flexibility index (Phi) is 6.52. The summed E-state index contributed by atoms with van der Waals surface area (Å²) in [5.41, 5.74) is 5.33. The van der Waals surface area contributed by atoms with Crippen LogP contribution in [0, 0.1) is 0 Å². The lowest BCUT2D eigenvalue weighted by Crippen LogP contribution is -2.05. The second kappa shape index (κ2) is 9.45. The largest absolute Gasteiger partial charge is 0.493 e. The summed E-state index contributed by atoms with van der Waals surface area (Å²) in [5, 5.41) is 4.19. The normalized spacial score (nSPS) is 10.7. The Morgan fingerprint density at radius 1 is 1.00 bits per heavy atom. The van der Waals surface area contributed by atoms with Crippen LogP contribution in [0.1, 0.15) is 21.7 Å². The van der Waals surface area contributed by atoms with Gasteiger partial charge in [0.2, 0.25) is 0 Å². The fourth-order valence-corrected chi connectivity index (χ4v) is 2.70. The molecular weight excluding hydrogens is 372 g/mol. The molecular formula is C22H22N2O5. The first-order valence-corrected chi connectivity index (χ1v) is 8.90. The van der Waals surface area contributed by atoms with Gasteiger partial charge in [-0.3, -0.25) is 0 Å². The summed E-state index contributed by atoms with van der Waals surface area (Å²) in [4.78, 5) is 11.5. The summed E-state index contributed by atoms with van der Waals surface area (Å²) in [5.74, 6) is 2.27. The van der Waals surface area contributed by atoms with Crippen molar-refractivity contribution in [3.63, 3.8) is 0 Å². The first kappa shape index (κ1) is 20.0. The van der Waals surface area contributed by atoms with Crippen LogP contribution in [0.2, 0.25) is 0 Å². The van der Waals surface area contributed by atoms with Gasteiger partial charge in [-0.25, -0.2) is 4.79 Å². The smallest absolute Gasteiger partial charge is 0.337 e. The number of hydrogen-bond donors (Lipinski definition) is 1. The molecule has 7 heteroatoms. The molecule has 0 aliphatic heterocycles. The monoisotopic (exact) mass is 394 g/mol. The third kappa shape index (κ3) is 4.95. The number of benzene rings is 2. The second-order valence-electron chi connectivity index (χ2n) is 6.05. The molecule has 7 nitrogen and oxygen atoms in total. The standard InChI is InChI=1S/C22H22N2O5/c1-26-20-10-4-15(12-21(20)27-2)13-23-24-14-18-9-11-19(29-18)16-5-7-17(8-6-16)22(25)28-3/h4-12,14,23H,13H2,1-3H3/b24-14+. The van der Waals surface area contributed by atoms with E-state index in [0.29, 0.717) is 35.1 Å². The Balaban J connectivity index is 1.59. The van der Waals surface area contributed by atoms with E-state index in [1.54, 1.807) is 44.7 Å². The zero-order chi connectivity index (χ0) is 20.6. The van der Waals surface area contributed by atoms with Crippen LogP contribution in [-0.2, 0) is 11.3 Å². The third-order valence-electron chi connectivity index (χ3n) is 4.23. The van der Waals surface area contributed by atoms with Gasteiger partial charge in [0.15, 0.2) is 11.5 Å². The molecule has 1 N–H and O–H groups in total. The Hall–Kier alpha value is -3.74. The van der Waals surface area contributed by atoms with Crippen LogP contribution in [0.25, 0.3) is 11.3 Å². The van der Waals surface area contributed by atoms with E-state index in [1.807, 2.05) is 30.3 Å². The highest BCUT2D eigenvalue weighted by molar-refractivity contribution is 5.89. The number of carbonyl (C=O) groups is 1. The lowest BCUT2D eigenvalue weighted by Gasteiger charge is -2.09. The molecule has 3 rings (SSSR count). The summed E-state index contributed by atoms with van der Waals surface area (Å²) >= 11 is 0. The van der Waals surface area contributed by atoms with Crippen molar-refractivity contribution in [3.05, 3.63) is 71.5 Å². The van der Waals surface area contributed by atoms with Crippen LogP contribution >= 0.6 is 0 Å². The molecule has 0 amide bonds.